The number of hydrogen-bond donors (Lipinski definition) is 5. The molecule has 3 atom stereocenters. The smallest absolute Gasteiger partial charge is 0.245 e. The van der Waals surface area contributed by atoms with Gasteiger partial charge in [0, 0.05) is 19.2 Å². The van der Waals surface area contributed by atoms with E-state index in [2.05, 4.69) is 20.6 Å². The third-order valence-electron chi connectivity index (χ3n) is 5.04. The lowest BCUT2D eigenvalue weighted by Gasteiger charge is -2.28. The molecule has 0 aliphatic carbocycles. The van der Waals surface area contributed by atoms with Gasteiger partial charge in [-0.25, -0.2) is 4.98 Å². The zero-order valence-electron chi connectivity index (χ0n) is 16.9. The predicted octanol–water partition coefficient (Wildman–Crippen LogP) is -1.89. The fourth-order valence-electron chi connectivity index (χ4n) is 3.45. The highest BCUT2D eigenvalue weighted by atomic mass is 16.2. The number of unbranched alkanes of at least 4 members (excludes halogenated alkanes) is 1. The second-order valence-electron chi connectivity index (χ2n) is 7.24. The minimum atomic E-state index is -0.943. The first-order valence-corrected chi connectivity index (χ1v) is 10.2. The van der Waals surface area contributed by atoms with Crippen LogP contribution in [0.5, 0.6) is 0 Å². The first kappa shape index (κ1) is 23.5. The number of amides is 3. The molecule has 7 N–H and O–H groups in total. The number of likely N-dealkylation sites (tertiary alicyclic amines) is 1. The minimum absolute atomic E-state index is 0.138. The van der Waals surface area contributed by atoms with E-state index in [0.29, 0.717) is 50.9 Å². The zero-order valence-corrected chi connectivity index (χ0v) is 16.9. The van der Waals surface area contributed by atoms with E-state index in [-0.39, 0.29) is 18.9 Å². The molecule has 0 bridgehead atoms. The number of carbonyl (C=O) groups is 3. The fraction of sp³-hybridized carbons (Fsp3) is 0.632. The van der Waals surface area contributed by atoms with Crippen LogP contribution in [0.3, 0.4) is 0 Å². The van der Waals surface area contributed by atoms with Crippen molar-refractivity contribution in [3.8, 4) is 0 Å². The van der Waals surface area contributed by atoms with Crippen LogP contribution in [0.25, 0.3) is 0 Å². The van der Waals surface area contributed by atoms with E-state index in [0.717, 1.165) is 0 Å². The number of nitrogens with one attached hydrogen (secondary N) is 3. The summed E-state index contributed by atoms with van der Waals surface area (Å²) in [5.74, 6) is -1.33. The summed E-state index contributed by atoms with van der Waals surface area (Å²) in [5, 5.41) is 5.31. The Labute approximate surface area is 175 Å². The normalized spacial score (nSPS) is 17.9. The molecule has 1 aromatic rings. The molecule has 0 aromatic carbocycles. The molecule has 3 amide bonds. The second kappa shape index (κ2) is 12.0. The number of carbonyl (C=O) groups excluding carboxylic acids is 4. The Balaban J connectivity index is 2.12. The van der Waals surface area contributed by atoms with Crippen molar-refractivity contribution >= 4 is 24.0 Å². The highest BCUT2D eigenvalue weighted by Crippen LogP contribution is 2.18. The standard InChI is InChI=1S/C19H30N7O4/c20-6-2-1-5-15(19(30)26-7-3-4-14(26)11-27)25-18(29)16(24-17(28)9-21)8-13-10-22-12-23-13/h10,12,14-16H,1-9,20-21H2,(H,22,23)(H,24,28)(H,25,29)/t14-,15-,16-/m0/s1. The number of nitrogens with two attached hydrogens (primary N) is 2. The summed E-state index contributed by atoms with van der Waals surface area (Å²) in [6, 6.07) is -2.36. The van der Waals surface area contributed by atoms with Crippen molar-refractivity contribution in [2.24, 2.45) is 11.5 Å². The van der Waals surface area contributed by atoms with Gasteiger partial charge >= 0.3 is 0 Å². The maximum Gasteiger partial charge on any atom is 0.245 e. The lowest BCUT2D eigenvalue weighted by molar-refractivity contribution is -0.137. The lowest BCUT2D eigenvalue weighted by Crippen LogP contribution is -2.56. The van der Waals surface area contributed by atoms with Crippen LogP contribution in [-0.2, 0) is 25.6 Å². The van der Waals surface area contributed by atoms with Crippen LogP contribution in [0.1, 0.15) is 37.8 Å². The monoisotopic (exact) mass is 420 g/mol. The van der Waals surface area contributed by atoms with Gasteiger partial charge < -0.3 is 32.0 Å². The summed E-state index contributed by atoms with van der Waals surface area (Å²) >= 11 is 0. The van der Waals surface area contributed by atoms with Crippen molar-refractivity contribution in [1.29, 1.82) is 0 Å². The molecule has 1 aliphatic rings. The van der Waals surface area contributed by atoms with Crippen LogP contribution in [-0.4, -0.2) is 76.6 Å². The molecule has 1 saturated heterocycles. The Morgan fingerprint density at radius 1 is 1.27 bits per heavy atom. The lowest BCUT2D eigenvalue weighted by atomic mass is 10.1. The van der Waals surface area contributed by atoms with Gasteiger partial charge in [-0.3, -0.25) is 19.2 Å². The van der Waals surface area contributed by atoms with Gasteiger partial charge in [-0.2, -0.15) is 0 Å². The number of nitrogens with zero attached hydrogens (tertiary/aromatic N) is 2. The highest BCUT2D eigenvalue weighted by Gasteiger charge is 2.35. The molecular weight excluding hydrogens is 390 g/mol. The van der Waals surface area contributed by atoms with E-state index in [1.165, 1.54) is 11.2 Å². The topological polar surface area (TPSA) is 176 Å². The van der Waals surface area contributed by atoms with Crippen LogP contribution in [0.4, 0.5) is 0 Å². The van der Waals surface area contributed by atoms with Crippen LogP contribution in [0, 0.1) is 0 Å². The van der Waals surface area contributed by atoms with Crippen molar-refractivity contribution in [3.63, 3.8) is 0 Å². The average molecular weight is 420 g/mol. The first-order valence-electron chi connectivity index (χ1n) is 10.2. The second-order valence-corrected chi connectivity index (χ2v) is 7.24. The molecule has 1 fully saturated rings. The van der Waals surface area contributed by atoms with E-state index >= 15 is 0 Å². The van der Waals surface area contributed by atoms with Gasteiger partial charge in [-0.05, 0) is 38.6 Å². The Bertz CT molecular complexity index is 710. The van der Waals surface area contributed by atoms with E-state index < -0.39 is 29.9 Å². The number of hydrogen-bond acceptors (Lipinski definition) is 7. The molecule has 0 saturated carbocycles. The summed E-state index contributed by atoms with van der Waals surface area (Å²) < 4.78 is 0. The SMILES string of the molecule is NCCCC[C@H](NC(=O)[C@H](Cc1c[nH]cn1)NC(=O)CN)C(=O)N1CCC[C@H]1[C]=O. The summed E-state index contributed by atoms with van der Waals surface area (Å²) in [6.07, 6.45) is 8.11. The summed E-state index contributed by atoms with van der Waals surface area (Å²) in [5.41, 5.74) is 11.5. The van der Waals surface area contributed by atoms with Crippen molar-refractivity contribution in [3.05, 3.63) is 18.2 Å². The largest absolute Gasteiger partial charge is 0.351 e. The van der Waals surface area contributed by atoms with Crippen LogP contribution < -0.4 is 22.1 Å². The molecule has 2 rings (SSSR count). The highest BCUT2D eigenvalue weighted by molar-refractivity contribution is 5.93. The maximum atomic E-state index is 13.0. The average Bonchev–Trinajstić information content (AvgIpc) is 3.43. The van der Waals surface area contributed by atoms with Gasteiger partial charge in [0.2, 0.25) is 24.0 Å². The predicted molar refractivity (Wildman–Crippen MR) is 109 cm³/mol. The van der Waals surface area contributed by atoms with Crippen molar-refractivity contribution in [1.82, 2.24) is 25.5 Å². The molecule has 1 aromatic heterocycles. The van der Waals surface area contributed by atoms with E-state index in [1.54, 1.807) is 6.20 Å². The third-order valence-corrected chi connectivity index (χ3v) is 5.04. The number of H-pyrrole nitrogens is 1. The van der Waals surface area contributed by atoms with Crippen molar-refractivity contribution < 1.29 is 19.2 Å². The molecule has 0 unspecified atom stereocenters. The van der Waals surface area contributed by atoms with Gasteiger partial charge in [0.25, 0.3) is 0 Å². The van der Waals surface area contributed by atoms with Gasteiger partial charge in [0.05, 0.1) is 24.6 Å². The van der Waals surface area contributed by atoms with Gasteiger partial charge in [0.1, 0.15) is 12.1 Å². The number of rotatable bonds is 12. The van der Waals surface area contributed by atoms with Crippen LogP contribution in [0.15, 0.2) is 12.5 Å². The quantitative estimate of drug-likeness (QED) is 0.245. The molecule has 0 spiro atoms. The van der Waals surface area contributed by atoms with E-state index in [1.807, 2.05) is 6.29 Å². The van der Waals surface area contributed by atoms with Crippen molar-refractivity contribution in [2.45, 2.75) is 56.7 Å². The van der Waals surface area contributed by atoms with Crippen LogP contribution in [0.2, 0.25) is 0 Å². The Hall–Kier alpha value is -2.79. The van der Waals surface area contributed by atoms with Gasteiger partial charge in [0.15, 0.2) is 0 Å². The Morgan fingerprint density at radius 3 is 2.70 bits per heavy atom. The van der Waals surface area contributed by atoms with Crippen molar-refractivity contribution in [2.75, 3.05) is 19.6 Å². The van der Waals surface area contributed by atoms with E-state index in [4.69, 9.17) is 11.5 Å². The molecule has 11 heteroatoms. The summed E-state index contributed by atoms with van der Waals surface area (Å²) in [7, 11) is 0. The number of aromatic amines is 1. The molecular formula is C19H30N7O4. The van der Waals surface area contributed by atoms with Crippen LogP contribution >= 0.6 is 0 Å². The molecule has 2 heterocycles. The number of imidazole rings is 1. The Kier molecular flexibility index (Phi) is 9.42. The van der Waals surface area contributed by atoms with Gasteiger partial charge in [-0.15, -0.1) is 0 Å². The summed E-state index contributed by atoms with van der Waals surface area (Å²) in [4.78, 5) is 57.3. The van der Waals surface area contributed by atoms with E-state index in [9.17, 15) is 19.2 Å². The molecule has 1 aliphatic heterocycles. The maximum absolute atomic E-state index is 13.0. The molecule has 11 nitrogen and oxygen atoms in total. The van der Waals surface area contributed by atoms with Gasteiger partial charge in [-0.1, -0.05) is 0 Å². The number of aromatic nitrogens is 2. The molecule has 30 heavy (non-hydrogen) atoms. The Morgan fingerprint density at radius 2 is 2.07 bits per heavy atom. The molecule has 1 radical (unpaired) electrons. The summed E-state index contributed by atoms with van der Waals surface area (Å²) in [6.45, 7) is 0.647. The third kappa shape index (κ3) is 6.63. The minimum Gasteiger partial charge on any atom is -0.351 e. The first-order chi connectivity index (χ1) is 14.5. The fourth-order valence-corrected chi connectivity index (χ4v) is 3.45. The zero-order chi connectivity index (χ0) is 21.9. The molecule has 165 valence electrons.